The van der Waals surface area contributed by atoms with Crippen molar-refractivity contribution in [1.29, 1.82) is 0 Å². The maximum absolute atomic E-state index is 6.04. The minimum absolute atomic E-state index is 0.547. The predicted octanol–water partition coefficient (Wildman–Crippen LogP) is 3.14. The molecular formula is C14H19N3. The summed E-state index contributed by atoms with van der Waals surface area (Å²) >= 11 is 0. The number of aryl methyl sites for hydroxylation is 1. The third-order valence-electron chi connectivity index (χ3n) is 3.07. The summed E-state index contributed by atoms with van der Waals surface area (Å²) < 4.78 is 1.79. The number of anilines is 1. The first-order valence-electron chi connectivity index (χ1n) is 6.06. The summed E-state index contributed by atoms with van der Waals surface area (Å²) in [5, 5.41) is 4.32. The van der Waals surface area contributed by atoms with Crippen molar-refractivity contribution in [3.05, 3.63) is 41.6 Å². The van der Waals surface area contributed by atoms with E-state index in [9.17, 15) is 0 Å². The molecule has 0 amide bonds. The molecule has 1 heterocycles. The SMILES string of the molecule is CCc1cnn(-c2ccc(C(C)C)cc2)c1N. The highest BCUT2D eigenvalue weighted by Gasteiger charge is 2.07. The lowest BCUT2D eigenvalue weighted by Gasteiger charge is -2.08. The van der Waals surface area contributed by atoms with Gasteiger partial charge >= 0.3 is 0 Å². The number of nitrogens with zero attached hydrogens (tertiary/aromatic N) is 2. The summed E-state index contributed by atoms with van der Waals surface area (Å²) in [4.78, 5) is 0. The molecule has 1 aromatic carbocycles. The number of nitrogen functional groups attached to an aromatic ring is 1. The Morgan fingerprint density at radius 1 is 1.24 bits per heavy atom. The molecule has 0 fully saturated rings. The van der Waals surface area contributed by atoms with Gasteiger partial charge in [-0.05, 0) is 30.0 Å². The molecule has 0 aliphatic rings. The quantitative estimate of drug-likeness (QED) is 0.878. The molecule has 0 saturated carbocycles. The van der Waals surface area contributed by atoms with Crippen LogP contribution in [-0.4, -0.2) is 9.78 Å². The van der Waals surface area contributed by atoms with Crippen molar-refractivity contribution >= 4 is 5.82 Å². The van der Waals surface area contributed by atoms with Gasteiger partial charge in [-0.2, -0.15) is 5.10 Å². The number of rotatable bonds is 3. The van der Waals surface area contributed by atoms with E-state index in [0.29, 0.717) is 5.92 Å². The molecule has 1 aromatic heterocycles. The van der Waals surface area contributed by atoms with E-state index in [1.165, 1.54) is 5.56 Å². The van der Waals surface area contributed by atoms with Crippen molar-refractivity contribution in [3.8, 4) is 5.69 Å². The van der Waals surface area contributed by atoms with Gasteiger partial charge in [0.25, 0.3) is 0 Å². The zero-order valence-electron chi connectivity index (χ0n) is 10.6. The van der Waals surface area contributed by atoms with Crippen LogP contribution in [0, 0.1) is 0 Å². The van der Waals surface area contributed by atoms with Gasteiger partial charge in [-0.3, -0.25) is 0 Å². The van der Waals surface area contributed by atoms with Crippen molar-refractivity contribution in [2.24, 2.45) is 0 Å². The Bertz CT molecular complexity index is 495. The maximum Gasteiger partial charge on any atom is 0.130 e. The molecule has 2 aromatic rings. The Hall–Kier alpha value is -1.77. The van der Waals surface area contributed by atoms with Crippen molar-refractivity contribution < 1.29 is 0 Å². The number of nitrogens with two attached hydrogens (primary N) is 1. The lowest BCUT2D eigenvalue weighted by atomic mass is 10.0. The number of hydrogen-bond donors (Lipinski definition) is 1. The van der Waals surface area contributed by atoms with Crippen LogP contribution >= 0.6 is 0 Å². The van der Waals surface area contributed by atoms with Crippen molar-refractivity contribution in [3.63, 3.8) is 0 Å². The van der Waals surface area contributed by atoms with Crippen LogP contribution in [0.5, 0.6) is 0 Å². The van der Waals surface area contributed by atoms with Crippen molar-refractivity contribution in [1.82, 2.24) is 9.78 Å². The summed E-state index contributed by atoms with van der Waals surface area (Å²) in [7, 11) is 0. The zero-order chi connectivity index (χ0) is 12.4. The van der Waals surface area contributed by atoms with E-state index in [1.807, 2.05) is 6.20 Å². The van der Waals surface area contributed by atoms with E-state index in [2.05, 4.69) is 50.1 Å². The Balaban J connectivity index is 2.36. The Kier molecular flexibility index (Phi) is 3.18. The fourth-order valence-corrected chi connectivity index (χ4v) is 1.87. The summed E-state index contributed by atoms with van der Waals surface area (Å²) in [6.07, 6.45) is 2.75. The van der Waals surface area contributed by atoms with Gasteiger partial charge in [0.05, 0.1) is 11.9 Å². The molecule has 0 aliphatic carbocycles. The standard InChI is InChI=1S/C14H19N3/c1-4-11-9-16-17(14(11)15)13-7-5-12(6-8-13)10(2)3/h5-10H,4,15H2,1-3H3. The molecule has 0 saturated heterocycles. The molecule has 0 atom stereocenters. The van der Waals surface area contributed by atoms with Gasteiger partial charge in [-0.15, -0.1) is 0 Å². The monoisotopic (exact) mass is 229 g/mol. The van der Waals surface area contributed by atoms with E-state index in [0.717, 1.165) is 23.5 Å². The van der Waals surface area contributed by atoms with E-state index in [4.69, 9.17) is 5.73 Å². The molecule has 3 nitrogen and oxygen atoms in total. The molecule has 2 rings (SSSR count). The fraction of sp³-hybridized carbons (Fsp3) is 0.357. The van der Waals surface area contributed by atoms with Crippen LogP contribution in [0.1, 0.15) is 37.8 Å². The molecule has 2 N–H and O–H groups in total. The van der Waals surface area contributed by atoms with Crippen LogP contribution in [0.2, 0.25) is 0 Å². The van der Waals surface area contributed by atoms with E-state index in [1.54, 1.807) is 4.68 Å². The average molecular weight is 229 g/mol. The Morgan fingerprint density at radius 3 is 2.35 bits per heavy atom. The Morgan fingerprint density at radius 2 is 1.88 bits per heavy atom. The second kappa shape index (κ2) is 4.62. The van der Waals surface area contributed by atoms with Crippen molar-refractivity contribution in [2.75, 3.05) is 5.73 Å². The normalized spacial score (nSPS) is 11.1. The highest BCUT2D eigenvalue weighted by Crippen LogP contribution is 2.20. The van der Waals surface area contributed by atoms with E-state index >= 15 is 0 Å². The van der Waals surface area contributed by atoms with Crippen LogP contribution in [0.15, 0.2) is 30.5 Å². The molecule has 0 spiro atoms. The molecule has 90 valence electrons. The van der Waals surface area contributed by atoms with Crippen LogP contribution in [0.4, 0.5) is 5.82 Å². The summed E-state index contributed by atoms with van der Waals surface area (Å²) in [6.45, 7) is 6.46. The number of aromatic nitrogens is 2. The van der Waals surface area contributed by atoms with Gasteiger partial charge in [0.15, 0.2) is 0 Å². The van der Waals surface area contributed by atoms with Gasteiger partial charge < -0.3 is 5.73 Å². The first-order chi connectivity index (χ1) is 8.13. The molecule has 0 radical (unpaired) electrons. The first-order valence-corrected chi connectivity index (χ1v) is 6.06. The summed E-state index contributed by atoms with van der Waals surface area (Å²) in [5.41, 5.74) is 9.49. The number of hydrogen-bond acceptors (Lipinski definition) is 2. The topological polar surface area (TPSA) is 43.8 Å². The van der Waals surface area contributed by atoms with Crippen LogP contribution < -0.4 is 5.73 Å². The van der Waals surface area contributed by atoms with Gasteiger partial charge in [-0.1, -0.05) is 32.9 Å². The molecule has 0 unspecified atom stereocenters. The molecule has 3 heteroatoms. The van der Waals surface area contributed by atoms with Crippen LogP contribution in [-0.2, 0) is 6.42 Å². The summed E-state index contributed by atoms with van der Waals surface area (Å²) in [5.74, 6) is 1.29. The van der Waals surface area contributed by atoms with Gasteiger partial charge in [0.2, 0.25) is 0 Å². The van der Waals surface area contributed by atoms with E-state index < -0.39 is 0 Å². The fourth-order valence-electron chi connectivity index (χ4n) is 1.87. The second-order valence-electron chi connectivity index (χ2n) is 4.57. The molecular weight excluding hydrogens is 210 g/mol. The van der Waals surface area contributed by atoms with Crippen molar-refractivity contribution in [2.45, 2.75) is 33.1 Å². The van der Waals surface area contributed by atoms with Gasteiger partial charge in [0.1, 0.15) is 5.82 Å². The van der Waals surface area contributed by atoms with Crippen LogP contribution in [0.3, 0.4) is 0 Å². The minimum atomic E-state index is 0.547. The lowest BCUT2D eigenvalue weighted by Crippen LogP contribution is -2.03. The highest BCUT2D eigenvalue weighted by molar-refractivity contribution is 5.47. The average Bonchev–Trinajstić information content (AvgIpc) is 2.70. The van der Waals surface area contributed by atoms with Gasteiger partial charge in [0, 0.05) is 5.56 Å². The largest absolute Gasteiger partial charge is 0.383 e. The molecule has 0 aliphatic heterocycles. The zero-order valence-corrected chi connectivity index (χ0v) is 10.6. The Labute approximate surface area is 102 Å². The second-order valence-corrected chi connectivity index (χ2v) is 4.57. The minimum Gasteiger partial charge on any atom is -0.383 e. The van der Waals surface area contributed by atoms with Crippen LogP contribution in [0.25, 0.3) is 5.69 Å². The number of benzene rings is 1. The molecule has 0 bridgehead atoms. The predicted molar refractivity (Wildman–Crippen MR) is 71.4 cm³/mol. The maximum atomic E-state index is 6.04. The van der Waals surface area contributed by atoms with Gasteiger partial charge in [-0.25, -0.2) is 4.68 Å². The van der Waals surface area contributed by atoms with E-state index in [-0.39, 0.29) is 0 Å². The third kappa shape index (κ3) is 2.18. The smallest absolute Gasteiger partial charge is 0.130 e. The highest BCUT2D eigenvalue weighted by atomic mass is 15.3. The first kappa shape index (κ1) is 11.7. The molecule has 17 heavy (non-hydrogen) atoms. The third-order valence-corrected chi connectivity index (χ3v) is 3.07. The summed E-state index contributed by atoms with van der Waals surface area (Å²) in [6, 6.07) is 8.40. The lowest BCUT2D eigenvalue weighted by molar-refractivity contribution is 0.856.